The molecule has 6 nitrogen and oxygen atoms in total. The van der Waals surface area contributed by atoms with Crippen molar-refractivity contribution in [1.29, 1.82) is 0 Å². The van der Waals surface area contributed by atoms with Crippen molar-refractivity contribution in [3.05, 3.63) is 30.1 Å². The van der Waals surface area contributed by atoms with Crippen LogP contribution in [-0.4, -0.2) is 55.5 Å². The lowest BCUT2D eigenvalue weighted by Gasteiger charge is -2.30. The lowest BCUT2D eigenvalue weighted by atomic mass is 10.2. The summed E-state index contributed by atoms with van der Waals surface area (Å²) >= 11 is 0. The molecule has 0 unspecified atom stereocenters. The van der Waals surface area contributed by atoms with E-state index in [1.54, 1.807) is 7.05 Å². The third-order valence-electron chi connectivity index (χ3n) is 3.98. The SMILES string of the molecule is CN=C(NCCCN(C(C)C)C(C)C)NCC(=O)Nc1ccc(F)cc1. The highest BCUT2D eigenvalue weighted by Gasteiger charge is 2.12. The van der Waals surface area contributed by atoms with Crippen molar-refractivity contribution in [3.63, 3.8) is 0 Å². The van der Waals surface area contributed by atoms with Gasteiger partial charge >= 0.3 is 0 Å². The largest absolute Gasteiger partial charge is 0.356 e. The molecule has 26 heavy (non-hydrogen) atoms. The maximum Gasteiger partial charge on any atom is 0.243 e. The Hall–Kier alpha value is -2.15. The summed E-state index contributed by atoms with van der Waals surface area (Å²) < 4.78 is 12.9. The van der Waals surface area contributed by atoms with Gasteiger partial charge in [0.1, 0.15) is 5.82 Å². The Balaban J connectivity index is 2.30. The monoisotopic (exact) mass is 365 g/mol. The van der Waals surface area contributed by atoms with Gasteiger partial charge in [0, 0.05) is 37.9 Å². The normalized spacial score (nSPS) is 12.0. The summed E-state index contributed by atoms with van der Waals surface area (Å²) in [6.45, 7) is 10.7. The predicted octanol–water partition coefficient (Wildman–Crippen LogP) is 2.44. The summed E-state index contributed by atoms with van der Waals surface area (Å²) in [7, 11) is 1.67. The van der Waals surface area contributed by atoms with E-state index in [1.165, 1.54) is 24.3 Å². The highest BCUT2D eigenvalue weighted by Crippen LogP contribution is 2.07. The van der Waals surface area contributed by atoms with Gasteiger partial charge < -0.3 is 16.0 Å². The molecule has 0 aliphatic carbocycles. The van der Waals surface area contributed by atoms with E-state index < -0.39 is 0 Å². The molecule has 1 aromatic carbocycles. The molecule has 0 saturated heterocycles. The first kappa shape index (κ1) is 21.9. The van der Waals surface area contributed by atoms with Gasteiger partial charge in [-0.15, -0.1) is 0 Å². The summed E-state index contributed by atoms with van der Waals surface area (Å²) in [6.07, 6.45) is 0.985. The molecule has 0 atom stereocenters. The Morgan fingerprint density at radius 2 is 1.73 bits per heavy atom. The van der Waals surface area contributed by atoms with E-state index in [4.69, 9.17) is 0 Å². The molecule has 0 radical (unpaired) electrons. The number of carbonyl (C=O) groups excluding carboxylic acids is 1. The molecule has 1 aromatic rings. The van der Waals surface area contributed by atoms with Crippen LogP contribution in [0, 0.1) is 5.82 Å². The molecular weight excluding hydrogens is 333 g/mol. The van der Waals surface area contributed by atoms with E-state index in [9.17, 15) is 9.18 Å². The number of hydrogen-bond donors (Lipinski definition) is 3. The number of hydrogen-bond acceptors (Lipinski definition) is 3. The third kappa shape index (κ3) is 8.29. The maximum absolute atomic E-state index is 12.9. The lowest BCUT2D eigenvalue weighted by molar-refractivity contribution is -0.115. The smallest absolute Gasteiger partial charge is 0.243 e. The van der Waals surface area contributed by atoms with Crippen LogP contribution in [0.1, 0.15) is 34.1 Å². The Bertz CT molecular complexity index is 564. The predicted molar refractivity (Wildman–Crippen MR) is 106 cm³/mol. The van der Waals surface area contributed by atoms with Crippen LogP contribution in [-0.2, 0) is 4.79 Å². The van der Waals surface area contributed by atoms with Crippen LogP contribution in [0.25, 0.3) is 0 Å². The van der Waals surface area contributed by atoms with Crippen LogP contribution >= 0.6 is 0 Å². The number of anilines is 1. The quantitative estimate of drug-likeness (QED) is 0.357. The minimum absolute atomic E-state index is 0.0845. The fourth-order valence-corrected chi connectivity index (χ4v) is 2.70. The van der Waals surface area contributed by atoms with E-state index in [1.807, 2.05) is 0 Å². The van der Waals surface area contributed by atoms with Crippen molar-refractivity contribution in [3.8, 4) is 0 Å². The van der Waals surface area contributed by atoms with Crippen molar-refractivity contribution < 1.29 is 9.18 Å². The molecule has 0 heterocycles. The number of carbonyl (C=O) groups is 1. The van der Waals surface area contributed by atoms with Crippen LogP contribution in [0.2, 0.25) is 0 Å². The number of aliphatic imine (C=N–C) groups is 1. The average molecular weight is 365 g/mol. The number of benzene rings is 1. The van der Waals surface area contributed by atoms with Crippen molar-refractivity contribution in [2.24, 2.45) is 4.99 Å². The van der Waals surface area contributed by atoms with Gasteiger partial charge in [-0.2, -0.15) is 0 Å². The van der Waals surface area contributed by atoms with Gasteiger partial charge in [-0.05, 0) is 58.4 Å². The number of rotatable bonds is 9. The second kappa shape index (κ2) is 11.5. The zero-order valence-electron chi connectivity index (χ0n) is 16.5. The van der Waals surface area contributed by atoms with Crippen LogP contribution in [0.4, 0.5) is 10.1 Å². The van der Waals surface area contributed by atoms with Crippen molar-refractivity contribution in [2.75, 3.05) is 32.0 Å². The number of nitrogens with one attached hydrogen (secondary N) is 3. The van der Waals surface area contributed by atoms with Crippen LogP contribution in [0.5, 0.6) is 0 Å². The molecule has 7 heteroatoms. The lowest BCUT2D eigenvalue weighted by Crippen LogP contribution is -2.43. The first-order chi connectivity index (χ1) is 12.3. The summed E-state index contributed by atoms with van der Waals surface area (Å²) in [4.78, 5) is 18.5. The molecule has 0 aromatic heterocycles. The van der Waals surface area contributed by atoms with E-state index in [-0.39, 0.29) is 18.3 Å². The van der Waals surface area contributed by atoms with Crippen LogP contribution in [0.15, 0.2) is 29.3 Å². The summed E-state index contributed by atoms with van der Waals surface area (Å²) in [5.74, 6) is 0.0319. The van der Waals surface area contributed by atoms with E-state index in [2.05, 4.69) is 53.5 Å². The molecule has 0 bridgehead atoms. The maximum atomic E-state index is 12.9. The van der Waals surface area contributed by atoms with Gasteiger partial charge in [-0.25, -0.2) is 4.39 Å². The first-order valence-corrected chi connectivity index (χ1v) is 9.09. The molecule has 0 aliphatic rings. The second-order valence-corrected chi connectivity index (χ2v) is 6.69. The Kier molecular flexibility index (Phi) is 9.65. The van der Waals surface area contributed by atoms with Gasteiger partial charge in [0.05, 0.1) is 6.54 Å². The highest BCUT2D eigenvalue weighted by atomic mass is 19.1. The molecule has 1 amide bonds. The van der Waals surface area contributed by atoms with Crippen molar-refractivity contribution in [1.82, 2.24) is 15.5 Å². The van der Waals surface area contributed by atoms with Crippen molar-refractivity contribution in [2.45, 2.75) is 46.2 Å². The Morgan fingerprint density at radius 1 is 1.12 bits per heavy atom. The fraction of sp³-hybridized carbons (Fsp3) is 0.579. The highest BCUT2D eigenvalue weighted by molar-refractivity contribution is 5.94. The van der Waals surface area contributed by atoms with E-state index >= 15 is 0 Å². The molecule has 0 fully saturated rings. The Morgan fingerprint density at radius 3 is 2.27 bits per heavy atom. The van der Waals surface area contributed by atoms with Gasteiger partial charge in [-0.1, -0.05) is 0 Å². The zero-order chi connectivity index (χ0) is 19.5. The summed E-state index contributed by atoms with van der Waals surface area (Å²) in [5, 5.41) is 8.88. The molecule has 146 valence electrons. The van der Waals surface area contributed by atoms with Gasteiger partial charge in [0.25, 0.3) is 0 Å². The van der Waals surface area contributed by atoms with Crippen LogP contribution < -0.4 is 16.0 Å². The third-order valence-corrected chi connectivity index (χ3v) is 3.98. The fourth-order valence-electron chi connectivity index (χ4n) is 2.70. The summed E-state index contributed by atoms with van der Waals surface area (Å²) in [6, 6.07) is 6.69. The molecule has 3 N–H and O–H groups in total. The minimum Gasteiger partial charge on any atom is -0.356 e. The second-order valence-electron chi connectivity index (χ2n) is 6.69. The number of guanidine groups is 1. The topological polar surface area (TPSA) is 68.8 Å². The van der Waals surface area contributed by atoms with Crippen molar-refractivity contribution >= 4 is 17.6 Å². The number of amides is 1. The Labute approximate surface area is 156 Å². The molecule has 1 rings (SSSR count). The van der Waals surface area contributed by atoms with E-state index in [0.29, 0.717) is 23.7 Å². The van der Waals surface area contributed by atoms with Gasteiger partial charge in [0.2, 0.25) is 5.91 Å². The molecule has 0 saturated carbocycles. The van der Waals surface area contributed by atoms with Gasteiger partial charge in [-0.3, -0.25) is 14.7 Å². The number of nitrogens with zero attached hydrogens (tertiary/aromatic N) is 2. The molecule has 0 spiro atoms. The number of halogens is 1. The van der Waals surface area contributed by atoms with Gasteiger partial charge in [0.15, 0.2) is 5.96 Å². The standard InChI is InChI=1S/C19H32FN5O/c1-14(2)25(15(3)4)12-6-11-22-19(21-5)23-13-18(26)24-17-9-7-16(20)8-10-17/h7-10,14-15H,6,11-13H2,1-5H3,(H,24,26)(H2,21,22,23). The molecule has 0 aliphatic heterocycles. The minimum atomic E-state index is -0.334. The van der Waals surface area contributed by atoms with E-state index in [0.717, 1.165) is 19.5 Å². The van der Waals surface area contributed by atoms with Crippen LogP contribution in [0.3, 0.4) is 0 Å². The molecular formula is C19H32FN5O. The zero-order valence-corrected chi connectivity index (χ0v) is 16.5. The average Bonchev–Trinajstić information content (AvgIpc) is 2.58. The first-order valence-electron chi connectivity index (χ1n) is 9.09. The summed E-state index contributed by atoms with van der Waals surface area (Å²) in [5.41, 5.74) is 0.559.